The fourth-order valence-electron chi connectivity index (χ4n) is 4.94. The molecule has 17 nitrogen and oxygen atoms in total. The first-order valence-electron chi connectivity index (χ1n) is 14.0. The molecule has 2 unspecified atom stereocenters. The lowest BCUT2D eigenvalue weighted by molar-refractivity contribution is 0.0385. The van der Waals surface area contributed by atoms with Gasteiger partial charge in [-0.3, -0.25) is 0 Å². The molecule has 0 aliphatic heterocycles. The topological polar surface area (TPSA) is 308 Å². The molecule has 0 spiro atoms. The van der Waals surface area contributed by atoms with Crippen molar-refractivity contribution in [3.05, 3.63) is 140 Å². The van der Waals surface area contributed by atoms with Gasteiger partial charge in [0.1, 0.15) is 12.2 Å². The molecule has 51 heavy (non-hydrogen) atoms. The second-order valence-electron chi connectivity index (χ2n) is 10.5. The Bertz CT molecular complexity index is 2030. The van der Waals surface area contributed by atoms with Crippen molar-refractivity contribution < 1.29 is 83.9 Å². The zero-order valence-electron chi connectivity index (χ0n) is 25.3. The number of aliphatic hydroxyl groups excluding tert-OH is 2. The quantitative estimate of drug-likeness (QED) is 0.0776. The molecule has 0 fully saturated rings. The third-order valence-corrected chi connectivity index (χ3v) is 7.45. The number of hydrogen-bond donors (Lipinski definition) is 8. The number of esters is 2. The van der Waals surface area contributed by atoms with Crippen LogP contribution in [-0.2, 0) is 4.74 Å². The number of carboxylic acids is 6. The van der Waals surface area contributed by atoms with E-state index >= 15 is 0 Å². The fraction of sp³-hybridized carbons (Fsp3) is 0.0588. The largest absolute Gasteiger partial charge is 0.478 e. The molecule has 4 aromatic carbocycles. The average Bonchev–Trinajstić information content (AvgIpc) is 3.09. The third-order valence-electron chi connectivity index (χ3n) is 7.45. The van der Waals surface area contributed by atoms with Crippen molar-refractivity contribution in [2.75, 3.05) is 0 Å². The van der Waals surface area contributed by atoms with Crippen LogP contribution in [0, 0.1) is 0 Å². The van der Waals surface area contributed by atoms with Gasteiger partial charge in [-0.15, -0.1) is 0 Å². The fourth-order valence-corrected chi connectivity index (χ4v) is 4.94. The standard InChI is InChI=1S/C34H22O17/c35-25(13-1-5-17(27(37)38)21(9-13)29(41)42)15-3-7-19(23(11-15)31(45)46)33(49)51-34(50)20-8-4-16(12-24(20)32(47)48)26(36)14-2-6-18(28(39)40)22(10-14)30(43)44/h1-12,25-26,35-36H,(H,37,38)(H,39,40)(H,41,42)(H,43,44)(H,45,46)(H,47,48). The number of carbonyl (C=O) groups excluding carboxylic acids is 2. The number of hydrogen-bond acceptors (Lipinski definition) is 11. The Hall–Kier alpha value is -7.24. The summed E-state index contributed by atoms with van der Waals surface area (Å²) < 4.78 is 4.76. The number of ether oxygens (including phenoxy) is 1. The Kier molecular flexibility index (Phi) is 10.4. The summed E-state index contributed by atoms with van der Waals surface area (Å²) in [5.41, 5.74) is -6.19. The predicted octanol–water partition coefficient (Wildman–Crippen LogP) is 3.04. The van der Waals surface area contributed by atoms with Crippen LogP contribution >= 0.6 is 0 Å². The number of carboxylic acid groups (broad SMARTS) is 6. The molecule has 260 valence electrons. The van der Waals surface area contributed by atoms with E-state index in [0.29, 0.717) is 0 Å². The molecule has 0 heterocycles. The molecule has 8 N–H and O–H groups in total. The lowest BCUT2D eigenvalue weighted by Crippen LogP contribution is -2.19. The van der Waals surface area contributed by atoms with Gasteiger partial charge in [-0.25, -0.2) is 38.4 Å². The summed E-state index contributed by atoms with van der Waals surface area (Å²) >= 11 is 0. The zero-order valence-corrected chi connectivity index (χ0v) is 25.3. The summed E-state index contributed by atoms with van der Waals surface area (Å²) in [5.74, 6) is -12.9. The van der Waals surface area contributed by atoms with Crippen LogP contribution in [0.25, 0.3) is 0 Å². The van der Waals surface area contributed by atoms with Gasteiger partial charge in [-0.1, -0.05) is 24.3 Å². The average molecular weight is 703 g/mol. The Balaban J connectivity index is 1.62. The van der Waals surface area contributed by atoms with E-state index in [-0.39, 0.29) is 22.3 Å². The molecule has 0 aliphatic carbocycles. The van der Waals surface area contributed by atoms with Gasteiger partial charge < -0.3 is 45.6 Å². The van der Waals surface area contributed by atoms with E-state index in [1.807, 2.05) is 0 Å². The molecule has 4 aromatic rings. The van der Waals surface area contributed by atoms with E-state index in [1.165, 1.54) is 0 Å². The highest BCUT2D eigenvalue weighted by Crippen LogP contribution is 2.29. The lowest BCUT2D eigenvalue weighted by atomic mass is 9.94. The Morgan fingerprint density at radius 1 is 0.353 bits per heavy atom. The second kappa shape index (κ2) is 14.5. The molecule has 2 atom stereocenters. The van der Waals surface area contributed by atoms with Crippen LogP contribution in [0.3, 0.4) is 0 Å². The van der Waals surface area contributed by atoms with Crippen molar-refractivity contribution in [3.63, 3.8) is 0 Å². The highest BCUT2D eigenvalue weighted by molar-refractivity contribution is 6.10. The molecular formula is C34H22O17. The zero-order chi connectivity index (χ0) is 37.9. The van der Waals surface area contributed by atoms with Crippen molar-refractivity contribution in [1.82, 2.24) is 0 Å². The van der Waals surface area contributed by atoms with Gasteiger partial charge in [0, 0.05) is 0 Å². The Morgan fingerprint density at radius 2 is 0.569 bits per heavy atom. The van der Waals surface area contributed by atoms with Gasteiger partial charge in [0.25, 0.3) is 0 Å². The maximum atomic E-state index is 13.0. The molecule has 0 radical (unpaired) electrons. The van der Waals surface area contributed by atoms with Crippen LogP contribution in [0.2, 0.25) is 0 Å². The number of benzene rings is 4. The highest BCUT2D eigenvalue weighted by Gasteiger charge is 2.28. The van der Waals surface area contributed by atoms with Crippen molar-refractivity contribution in [3.8, 4) is 0 Å². The number of aliphatic hydroxyl groups is 2. The summed E-state index contributed by atoms with van der Waals surface area (Å²) in [7, 11) is 0. The number of aromatic carboxylic acids is 6. The minimum atomic E-state index is -1.73. The molecule has 0 aromatic heterocycles. The maximum Gasteiger partial charge on any atom is 0.346 e. The molecular weight excluding hydrogens is 680 g/mol. The molecule has 0 aliphatic rings. The smallest absolute Gasteiger partial charge is 0.346 e. The van der Waals surface area contributed by atoms with Crippen molar-refractivity contribution in [2.24, 2.45) is 0 Å². The van der Waals surface area contributed by atoms with Crippen LogP contribution in [0.4, 0.5) is 0 Å². The van der Waals surface area contributed by atoms with Gasteiger partial charge in [0.2, 0.25) is 0 Å². The summed E-state index contributed by atoms with van der Waals surface area (Å²) in [6.45, 7) is 0. The first-order chi connectivity index (χ1) is 23.9. The molecule has 0 saturated heterocycles. The monoisotopic (exact) mass is 702 g/mol. The van der Waals surface area contributed by atoms with Gasteiger partial charge >= 0.3 is 47.8 Å². The van der Waals surface area contributed by atoms with E-state index in [9.17, 15) is 79.2 Å². The van der Waals surface area contributed by atoms with E-state index in [4.69, 9.17) is 4.74 Å². The predicted molar refractivity (Wildman–Crippen MR) is 165 cm³/mol. The minimum Gasteiger partial charge on any atom is -0.478 e. The Morgan fingerprint density at radius 3 is 0.804 bits per heavy atom. The first-order valence-corrected chi connectivity index (χ1v) is 14.0. The van der Waals surface area contributed by atoms with Gasteiger partial charge in [0.05, 0.1) is 44.5 Å². The SMILES string of the molecule is O=C(O)c1ccc(C(O)c2ccc(C(=O)OC(=O)c3ccc(C(O)c4ccc(C(=O)O)c(C(=O)O)c4)cc3C(=O)O)c(C(=O)O)c2)cc1C(=O)O. The van der Waals surface area contributed by atoms with Gasteiger partial charge in [-0.2, -0.15) is 0 Å². The third kappa shape index (κ3) is 7.59. The summed E-state index contributed by atoms with van der Waals surface area (Å²) in [4.78, 5) is 95.8. The summed E-state index contributed by atoms with van der Waals surface area (Å²) in [6, 6.07) is 11.2. The van der Waals surface area contributed by atoms with Crippen LogP contribution in [0.15, 0.2) is 72.8 Å². The number of rotatable bonds is 12. The summed E-state index contributed by atoms with van der Waals surface area (Å²) in [6.07, 6.45) is -3.43. The van der Waals surface area contributed by atoms with Crippen LogP contribution < -0.4 is 0 Å². The van der Waals surface area contributed by atoms with E-state index in [0.717, 1.165) is 72.8 Å². The van der Waals surface area contributed by atoms with E-state index in [1.54, 1.807) is 0 Å². The van der Waals surface area contributed by atoms with E-state index < -0.39 is 104 Å². The molecule has 0 bridgehead atoms. The van der Waals surface area contributed by atoms with Crippen molar-refractivity contribution in [1.29, 1.82) is 0 Å². The lowest BCUT2D eigenvalue weighted by Gasteiger charge is -2.16. The van der Waals surface area contributed by atoms with Crippen LogP contribution in [0.5, 0.6) is 0 Å². The minimum absolute atomic E-state index is 0.145. The molecule has 17 heteroatoms. The van der Waals surface area contributed by atoms with E-state index in [2.05, 4.69) is 0 Å². The molecule has 0 saturated carbocycles. The molecule has 4 rings (SSSR count). The van der Waals surface area contributed by atoms with Gasteiger partial charge in [0.15, 0.2) is 0 Å². The van der Waals surface area contributed by atoms with Crippen LogP contribution in [0.1, 0.15) is 117 Å². The van der Waals surface area contributed by atoms with Gasteiger partial charge in [-0.05, 0) is 70.8 Å². The second-order valence-corrected chi connectivity index (χ2v) is 10.5. The highest BCUT2D eigenvalue weighted by atomic mass is 16.6. The first kappa shape index (κ1) is 36.6. The normalized spacial score (nSPS) is 11.9. The van der Waals surface area contributed by atoms with Crippen molar-refractivity contribution in [2.45, 2.75) is 12.2 Å². The van der Waals surface area contributed by atoms with Crippen LogP contribution in [-0.4, -0.2) is 88.6 Å². The Labute approximate surface area is 283 Å². The maximum absolute atomic E-state index is 13.0. The number of carbonyl (C=O) groups is 8. The summed E-state index contributed by atoms with van der Waals surface area (Å²) in [5, 5.41) is 78.3. The van der Waals surface area contributed by atoms with Crippen molar-refractivity contribution >= 4 is 47.8 Å². The molecule has 0 amide bonds.